The number of ether oxygens (including phenoxy) is 2. The van der Waals surface area contributed by atoms with E-state index in [2.05, 4.69) is 27.8 Å². The lowest BCUT2D eigenvalue weighted by Gasteiger charge is -2.33. The fraction of sp³-hybridized carbons (Fsp3) is 0.515. The monoisotopic (exact) mass is 561 g/mol. The van der Waals surface area contributed by atoms with E-state index in [1.165, 1.54) is 24.8 Å². The third-order valence-corrected chi connectivity index (χ3v) is 8.42. The van der Waals surface area contributed by atoms with Gasteiger partial charge in [0, 0.05) is 36.1 Å². The van der Waals surface area contributed by atoms with Gasteiger partial charge in [-0.25, -0.2) is 9.59 Å². The number of nitrogens with zero attached hydrogens (tertiary/aromatic N) is 2. The lowest BCUT2D eigenvalue weighted by atomic mass is 9.81. The number of carboxylic acid groups (broad SMARTS) is 1. The van der Waals surface area contributed by atoms with Crippen LogP contribution in [0.1, 0.15) is 80.3 Å². The molecule has 0 radical (unpaired) electrons. The minimum Gasteiger partial charge on any atom is -0.491 e. The highest BCUT2D eigenvalue weighted by Gasteiger charge is 2.32. The summed E-state index contributed by atoms with van der Waals surface area (Å²) in [6, 6.07) is 11.8. The molecule has 1 atom stereocenters. The summed E-state index contributed by atoms with van der Waals surface area (Å²) in [6.07, 6.45) is 5.51. The average molecular weight is 562 g/mol. The molecule has 1 amide bonds. The van der Waals surface area contributed by atoms with Gasteiger partial charge < -0.3 is 24.5 Å². The van der Waals surface area contributed by atoms with E-state index in [9.17, 15) is 14.7 Å². The maximum Gasteiger partial charge on any atom is 0.407 e. The van der Waals surface area contributed by atoms with Gasteiger partial charge in [0.15, 0.2) is 0 Å². The van der Waals surface area contributed by atoms with Gasteiger partial charge in [-0.15, -0.1) is 0 Å². The third-order valence-electron chi connectivity index (χ3n) is 8.42. The van der Waals surface area contributed by atoms with E-state index in [4.69, 9.17) is 9.47 Å². The zero-order valence-corrected chi connectivity index (χ0v) is 25.0. The lowest BCUT2D eigenvalue weighted by Crippen LogP contribution is -2.44. The number of hydrogen-bond donors (Lipinski definition) is 2. The Morgan fingerprint density at radius 2 is 1.90 bits per heavy atom. The van der Waals surface area contributed by atoms with Gasteiger partial charge in [0.1, 0.15) is 18.0 Å². The molecule has 2 aromatic carbocycles. The van der Waals surface area contributed by atoms with Gasteiger partial charge in [-0.3, -0.25) is 4.90 Å². The van der Waals surface area contributed by atoms with E-state index < -0.39 is 17.7 Å². The Hall–Kier alpha value is -3.52. The van der Waals surface area contributed by atoms with Crippen molar-refractivity contribution in [2.45, 2.75) is 83.9 Å². The van der Waals surface area contributed by atoms with Crippen molar-refractivity contribution in [3.8, 4) is 17.0 Å². The second-order valence-corrected chi connectivity index (χ2v) is 12.6. The van der Waals surface area contributed by atoms with Crippen LogP contribution in [-0.4, -0.2) is 65.0 Å². The molecule has 0 unspecified atom stereocenters. The Morgan fingerprint density at radius 1 is 1.15 bits per heavy atom. The van der Waals surface area contributed by atoms with Crippen LogP contribution in [0.25, 0.3) is 22.2 Å². The quantitative estimate of drug-likeness (QED) is 0.353. The minimum absolute atomic E-state index is 0.00820. The maximum absolute atomic E-state index is 12.2. The Kier molecular flexibility index (Phi) is 8.32. The van der Waals surface area contributed by atoms with Crippen LogP contribution in [-0.2, 0) is 11.3 Å². The largest absolute Gasteiger partial charge is 0.491 e. The Bertz CT molecular complexity index is 1430. The first kappa shape index (κ1) is 29.0. The fourth-order valence-electron chi connectivity index (χ4n) is 6.38. The first-order valence-electron chi connectivity index (χ1n) is 14.8. The number of fused-ring (bicyclic) bond motifs is 5. The summed E-state index contributed by atoms with van der Waals surface area (Å²) in [5.74, 6) is 0.350. The molecule has 8 heteroatoms. The molecule has 5 rings (SSSR count). The SMILES string of the molecule is Cc1cccc2c1-c1c(C3CCCCC3)c3ccc(C(=O)O)cc3n1C[C@@H](N(C)CCNC(=O)OC(C)(C)C)CO2. The normalized spacial score (nSPS) is 17.8. The van der Waals surface area contributed by atoms with Crippen molar-refractivity contribution in [2.24, 2.45) is 0 Å². The van der Waals surface area contributed by atoms with Crippen molar-refractivity contribution in [2.75, 3.05) is 26.7 Å². The van der Waals surface area contributed by atoms with Crippen LogP contribution in [0.4, 0.5) is 4.79 Å². The molecule has 0 bridgehead atoms. The number of carbonyl (C=O) groups is 2. The maximum atomic E-state index is 12.2. The van der Waals surface area contributed by atoms with E-state index in [0.717, 1.165) is 46.3 Å². The predicted molar refractivity (Wildman–Crippen MR) is 161 cm³/mol. The number of alkyl carbamates (subject to hydrolysis) is 1. The van der Waals surface area contributed by atoms with Crippen molar-refractivity contribution in [1.82, 2.24) is 14.8 Å². The van der Waals surface area contributed by atoms with Crippen molar-refractivity contribution in [3.63, 3.8) is 0 Å². The van der Waals surface area contributed by atoms with Crippen LogP contribution in [0.2, 0.25) is 0 Å². The van der Waals surface area contributed by atoms with Gasteiger partial charge in [-0.05, 0) is 82.8 Å². The summed E-state index contributed by atoms with van der Waals surface area (Å²) < 4.78 is 14.3. The van der Waals surface area contributed by atoms with Crippen LogP contribution in [0.5, 0.6) is 5.75 Å². The molecule has 220 valence electrons. The van der Waals surface area contributed by atoms with Gasteiger partial charge in [0.2, 0.25) is 0 Å². The second-order valence-electron chi connectivity index (χ2n) is 12.6. The van der Waals surface area contributed by atoms with Crippen LogP contribution in [0.15, 0.2) is 36.4 Å². The number of rotatable bonds is 6. The predicted octanol–water partition coefficient (Wildman–Crippen LogP) is 6.58. The molecule has 1 saturated carbocycles. The third kappa shape index (κ3) is 6.22. The number of carboxylic acids is 1. The van der Waals surface area contributed by atoms with Gasteiger partial charge >= 0.3 is 12.1 Å². The van der Waals surface area contributed by atoms with Gasteiger partial charge in [0.25, 0.3) is 0 Å². The van der Waals surface area contributed by atoms with E-state index in [1.807, 2.05) is 52.1 Å². The molecular weight excluding hydrogens is 518 g/mol. The molecule has 2 aliphatic rings. The highest BCUT2D eigenvalue weighted by molar-refractivity contribution is 5.99. The van der Waals surface area contributed by atoms with Gasteiger partial charge in [-0.1, -0.05) is 37.5 Å². The lowest BCUT2D eigenvalue weighted by molar-refractivity contribution is 0.0516. The number of hydrogen-bond acceptors (Lipinski definition) is 5. The molecule has 3 aromatic rings. The zero-order valence-electron chi connectivity index (χ0n) is 25.0. The average Bonchev–Trinajstić information content (AvgIpc) is 3.21. The summed E-state index contributed by atoms with van der Waals surface area (Å²) in [5, 5.41) is 13.9. The van der Waals surface area contributed by atoms with Gasteiger partial charge in [0.05, 0.1) is 17.3 Å². The minimum atomic E-state index is -0.922. The topological polar surface area (TPSA) is 93.0 Å². The summed E-state index contributed by atoms with van der Waals surface area (Å²) in [7, 11) is 2.04. The summed E-state index contributed by atoms with van der Waals surface area (Å²) in [6.45, 7) is 9.83. The summed E-state index contributed by atoms with van der Waals surface area (Å²) >= 11 is 0. The molecule has 1 fully saturated rings. The molecule has 1 aliphatic heterocycles. The summed E-state index contributed by atoms with van der Waals surface area (Å²) in [4.78, 5) is 26.5. The standard InChI is InChI=1S/C33H43N3O5/c1-21-10-9-13-27-28(21)30-29(22-11-7-6-8-12-22)25-15-14-23(31(37)38)18-26(25)36(30)19-24(20-40-27)35(5)17-16-34-32(39)41-33(2,3)4/h9-10,13-15,18,22,24H,6-8,11-12,16-17,19-20H2,1-5H3,(H,34,39)(H,37,38)/t24-/m1/s1. The molecular formula is C33H43N3O5. The molecule has 41 heavy (non-hydrogen) atoms. The zero-order chi connectivity index (χ0) is 29.3. The number of likely N-dealkylation sites (N-methyl/N-ethyl adjacent to an activating group) is 1. The van der Waals surface area contributed by atoms with E-state index >= 15 is 0 Å². The van der Waals surface area contributed by atoms with Crippen LogP contribution in [0.3, 0.4) is 0 Å². The number of nitrogens with one attached hydrogen (secondary N) is 1. The Balaban J connectivity index is 1.57. The van der Waals surface area contributed by atoms with Crippen LogP contribution >= 0.6 is 0 Å². The number of aromatic nitrogens is 1. The number of aromatic carboxylic acids is 1. The van der Waals surface area contributed by atoms with Crippen molar-refractivity contribution >= 4 is 23.0 Å². The van der Waals surface area contributed by atoms with Crippen LogP contribution < -0.4 is 10.1 Å². The fourth-order valence-corrected chi connectivity index (χ4v) is 6.38. The summed E-state index contributed by atoms with van der Waals surface area (Å²) in [5.41, 5.74) is 5.44. The molecule has 2 heterocycles. The molecule has 2 N–H and O–H groups in total. The van der Waals surface area contributed by atoms with Crippen molar-refractivity contribution < 1.29 is 24.2 Å². The first-order chi connectivity index (χ1) is 19.5. The van der Waals surface area contributed by atoms with Crippen molar-refractivity contribution in [1.29, 1.82) is 0 Å². The van der Waals surface area contributed by atoms with E-state index in [0.29, 0.717) is 37.7 Å². The number of aryl methyl sites for hydroxylation is 1. The molecule has 0 spiro atoms. The number of amides is 1. The van der Waals surface area contributed by atoms with Gasteiger partial charge in [-0.2, -0.15) is 0 Å². The molecule has 1 aromatic heterocycles. The number of benzene rings is 2. The van der Waals surface area contributed by atoms with Crippen molar-refractivity contribution in [3.05, 3.63) is 53.1 Å². The highest BCUT2D eigenvalue weighted by Crippen LogP contribution is 2.48. The number of carbonyl (C=O) groups excluding carboxylic acids is 1. The Morgan fingerprint density at radius 3 is 2.61 bits per heavy atom. The molecule has 0 saturated heterocycles. The molecule has 8 nitrogen and oxygen atoms in total. The van der Waals surface area contributed by atoms with E-state index in [1.54, 1.807) is 6.07 Å². The smallest absolute Gasteiger partial charge is 0.407 e. The van der Waals surface area contributed by atoms with Crippen LogP contribution in [0, 0.1) is 6.92 Å². The molecule has 1 aliphatic carbocycles. The highest BCUT2D eigenvalue weighted by atomic mass is 16.6. The second kappa shape index (κ2) is 11.8. The Labute approximate surface area is 242 Å². The first-order valence-corrected chi connectivity index (χ1v) is 14.8. The van der Waals surface area contributed by atoms with E-state index in [-0.39, 0.29) is 6.04 Å².